The number of rotatable bonds is 11. The molecule has 4 rings (SSSR count). The van der Waals surface area contributed by atoms with Crippen LogP contribution in [0.15, 0.2) is 48.5 Å². The molecule has 2 atom stereocenters. The average molecular weight is 819 g/mol. The Hall–Kier alpha value is -3.57. The first-order chi connectivity index (χ1) is 23.7. The molecule has 3 aromatic carbocycles. The second-order valence-electron chi connectivity index (χ2n) is 11.7. The maximum absolute atomic E-state index is 15.3. The van der Waals surface area contributed by atoms with E-state index in [2.05, 4.69) is 5.32 Å². The molecule has 0 spiro atoms. The van der Waals surface area contributed by atoms with E-state index < -0.39 is 118 Å². The zero-order valence-electron chi connectivity index (χ0n) is 25.4. The van der Waals surface area contributed by atoms with Crippen LogP contribution in [0.25, 0.3) is 0 Å². The highest BCUT2D eigenvalue weighted by Crippen LogP contribution is 2.65. The molecule has 20 heteroatoms. The lowest BCUT2D eigenvalue weighted by atomic mass is 9.93. The number of halogens is 16. The Morgan fingerprint density at radius 1 is 0.769 bits per heavy atom. The van der Waals surface area contributed by atoms with E-state index in [0.717, 1.165) is 24.3 Å². The van der Waals surface area contributed by atoms with Crippen molar-refractivity contribution in [3.05, 3.63) is 98.8 Å². The predicted molar refractivity (Wildman–Crippen MR) is 160 cm³/mol. The van der Waals surface area contributed by atoms with E-state index >= 15 is 4.39 Å². The van der Waals surface area contributed by atoms with E-state index in [1.807, 2.05) is 0 Å². The van der Waals surface area contributed by atoms with Crippen molar-refractivity contribution in [1.82, 2.24) is 0 Å². The smallest absolute Gasteiger partial charge is 0.326 e. The first-order valence-corrected chi connectivity index (χ1v) is 15.5. The second-order valence-corrected chi connectivity index (χ2v) is 13.5. The zero-order chi connectivity index (χ0) is 39.4. The number of hydrogen-bond donors (Lipinski definition) is 1. The van der Waals surface area contributed by atoms with Crippen molar-refractivity contribution in [1.29, 1.82) is 0 Å². The van der Waals surface area contributed by atoms with Crippen molar-refractivity contribution in [2.45, 2.75) is 60.1 Å². The van der Waals surface area contributed by atoms with Crippen LogP contribution in [0, 0.1) is 23.4 Å². The molecule has 4 nitrogen and oxygen atoms in total. The van der Waals surface area contributed by atoms with Gasteiger partial charge in [0.1, 0.15) is 27.6 Å². The molecule has 0 aliphatic heterocycles. The molecule has 1 aliphatic rings. The van der Waals surface area contributed by atoms with E-state index in [1.165, 1.54) is 6.07 Å². The Morgan fingerprint density at radius 2 is 1.37 bits per heavy atom. The van der Waals surface area contributed by atoms with Crippen molar-refractivity contribution in [3.63, 3.8) is 0 Å². The maximum Gasteiger partial charge on any atom is 0.431 e. The van der Waals surface area contributed by atoms with Crippen LogP contribution < -0.4 is 5.32 Å². The van der Waals surface area contributed by atoms with Crippen molar-refractivity contribution in [2.75, 3.05) is 5.32 Å². The molecule has 0 radical (unpaired) electrons. The molecule has 1 amide bonds. The van der Waals surface area contributed by atoms with Gasteiger partial charge in [0.2, 0.25) is 5.91 Å². The van der Waals surface area contributed by atoms with Gasteiger partial charge in [0.15, 0.2) is 5.78 Å². The highest BCUT2D eigenvalue weighted by molar-refractivity contribution is 6.53. The van der Waals surface area contributed by atoms with Crippen LogP contribution in [0.5, 0.6) is 0 Å². The van der Waals surface area contributed by atoms with Gasteiger partial charge in [-0.05, 0) is 47.5 Å². The van der Waals surface area contributed by atoms with E-state index in [1.54, 1.807) is 0 Å². The Kier molecular flexibility index (Phi) is 11.4. The number of carbonyl (C=O) groups excluding carboxylic acids is 3. The zero-order valence-corrected chi connectivity index (χ0v) is 27.6. The minimum absolute atomic E-state index is 0.143. The fourth-order valence-electron chi connectivity index (χ4n) is 5.31. The van der Waals surface area contributed by atoms with Gasteiger partial charge in [0.25, 0.3) is 5.67 Å². The molecular formula is C32H19Cl3F13NO3. The molecule has 0 unspecified atom stereocenters. The molecule has 1 N–H and O–H groups in total. The van der Waals surface area contributed by atoms with Gasteiger partial charge < -0.3 is 5.32 Å². The number of nitrogens with one attached hydrogen (secondary N) is 1. The van der Waals surface area contributed by atoms with Gasteiger partial charge in [-0.2, -0.15) is 39.5 Å². The van der Waals surface area contributed by atoms with Crippen LogP contribution in [-0.2, 0) is 28.6 Å². The first-order valence-electron chi connectivity index (χ1n) is 14.4. The summed E-state index contributed by atoms with van der Waals surface area (Å²) in [6.07, 6.45) is -24.4. The van der Waals surface area contributed by atoms with Gasteiger partial charge in [0, 0.05) is 48.4 Å². The molecule has 0 heterocycles. The van der Waals surface area contributed by atoms with Crippen molar-refractivity contribution in [2.24, 2.45) is 5.92 Å². The number of amides is 1. The summed E-state index contributed by atoms with van der Waals surface area (Å²) in [5.41, 5.74) is -9.83. The monoisotopic (exact) mass is 817 g/mol. The summed E-state index contributed by atoms with van der Waals surface area (Å²) < 4.78 is 172. The van der Waals surface area contributed by atoms with Crippen molar-refractivity contribution < 1.29 is 71.5 Å². The largest absolute Gasteiger partial charge is 0.431 e. The summed E-state index contributed by atoms with van der Waals surface area (Å²) in [4.78, 5) is 38.3. The summed E-state index contributed by atoms with van der Waals surface area (Å²) in [6, 6.07) is 6.56. The van der Waals surface area contributed by atoms with Gasteiger partial charge >= 0.3 is 18.5 Å². The summed E-state index contributed by atoms with van der Waals surface area (Å²) in [5.74, 6) is -10.7. The van der Waals surface area contributed by atoms with E-state index in [9.17, 15) is 67.1 Å². The Morgan fingerprint density at radius 3 is 1.94 bits per heavy atom. The van der Waals surface area contributed by atoms with Gasteiger partial charge in [-0.25, -0.2) is 17.6 Å². The molecule has 1 saturated carbocycles. The van der Waals surface area contributed by atoms with Crippen molar-refractivity contribution in [3.8, 4) is 0 Å². The van der Waals surface area contributed by atoms with Gasteiger partial charge in [-0.1, -0.05) is 23.7 Å². The standard InChI is InChI=1S/C32H19Cl3F13NO3/c33-20-4-3-15(49-27(52)25-24(29(25,34)35)13-1-6-22(37)19(9-13)30(40,41)42)11-17(20)23(51)10-14-2-5-21(36)18(26(14)38)12-16(50)7-8-28(39,31(43,44)45)32(46,47)48/h1-6,9,11,24-25H,7-8,10,12H2,(H,49,52)/t24-,25+/m0/s1. The minimum Gasteiger partial charge on any atom is -0.326 e. The van der Waals surface area contributed by atoms with Gasteiger partial charge in [-0.15, -0.1) is 23.2 Å². The van der Waals surface area contributed by atoms with E-state index in [0.29, 0.717) is 18.2 Å². The number of benzene rings is 3. The topological polar surface area (TPSA) is 63.2 Å². The van der Waals surface area contributed by atoms with Crippen LogP contribution >= 0.6 is 34.8 Å². The highest BCUT2D eigenvalue weighted by atomic mass is 35.5. The lowest BCUT2D eigenvalue weighted by Crippen LogP contribution is -2.53. The Bertz CT molecular complexity index is 1890. The summed E-state index contributed by atoms with van der Waals surface area (Å²) in [6.45, 7) is 0. The molecular weight excluding hydrogens is 800 g/mol. The summed E-state index contributed by atoms with van der Waals surface area (Å²) >= 11 is 18.5. The van der Waals surface area contributed by atoms with Crippen LogP contribution in [0.1, 0.15) is 51.4 Å². The molecule has 1 aliphatic carbocycles. The predicted octanol–water partition coefficient (Wildman–Crippen LogP) is 10.5. The molecule has 0 aromatic heterocycles. The minimum atomic E-state index is -6.45. The number of carbonyl (C=O) groups is 3. The molecule has 0 bridgehead atoms. The SMILES string of the molecule is O=C(CCC(F)(C(F)(F)F)C(F)(F)F)Cc1c(F)ccc(CC(=O)c2cc(NC(=O)[C@H]3[C@H](c4ccc(F)c(C(F)(F)F)c4)C3(Cl)Cl)ccc2Cl)c1F. The fraction of sp³-hybridized carbons (Fsp3) is 0.344. The van der Waals surface area contributed by atoms with Crippen molar-refractivity contribution >= 4 is 58.0 Å². The van der Waals surface area contributed by atoms with E-state index in [4.69, 9.17) is 34.8 Å². The maximum atomic E-state index is 15.3. The number of Topliss-reactive ketones (excluding diaryl/α,β-unsaturated/α-hetero) is 2. The normalized spacial score (nSPS) is 17.5. The quantitative estimate of drug-likeness (QED) is 0.119. The molecule has 1 fully saturated rings. The first kappa shape index (κ1) is 41.2. The average Bonchev–Trinajstić information content (AvgIpc) is 3.60. The summed E-state index contributed by atoms with van der Waals surface area (Å²) in [7, 11) is 0. The fourth-order valence-corrected chi connectivity index (χ4v) is 6.36. The second kappa shape index (κ2) is 14.3. The molecule has 282 valence electrons. The number of anilines is 1. The van der Waals surface area contributed by atoms with E-state index in [-0.39, 0.29) is 21.8 Å². The van der Waals surface area contributed by atoms with Crippen LogP contribution in [0.4, 0.5) is 62.8 Å². The summed E-state index contributed by atoms with van der Waals surface area (Å²) in [5, 5.41) is 2.09. The Balaban J connectivity index is 1.48. The van der Waals surface area contributed by atoms with Gasteiger partial charge in [0.05, 0.1) is 16.5 Å². The third-order valence-corrected chi connectivity index (χ3v) is 9.43. The lowest BCUT2D eigenvalue weighted by Gasteiger charge is -2.29. The number of alkyl halides is 12. The Labute approximate surface area is 299 Å². The van der Waals surface area contributed by atoms with Crippen LogP contribution in [0.3, 0.4) is 0 Å². The molecule has 52 heavy (non-hydrogen) atoms. The number of hydrogen-bond acceptors (Lipinski definition) is 3. The third-order valence-electron chi connectivity index (χ3n) is 8.16. The lowest BCUT2D eigenvalue weighted by molar-refractivity contribution is -0.342. The van der Waals surface area contributed by atoms with Crippen LogP contribution in [-0.4, -0.2) is 39.8 Å². The highest BCUT2D eigenvalue weighted by Gasteiger charge is 2.72. The molecule has 3 aromatic rings. The molecule has 0 saturated heterocycles. The van der Waals surface area contributed by atoms with Gasteiger partial charge in [-0.3, -0.25) is 14.4 Å². The third kappa shape index (κ3) is 8.30. The van der Waals surface area contributed by atoms with Crippen LogP contribution in [0.2, 0.25) is 5.02 Å². The number of ketones is 2.